The summed E-state index contributed by atoms with van der Waals surface area (Å²) >= 11 is 0. The van der Waals surface area contributed by atoms with Gasteiger partial charge in [0.1, 0.15) is 0 Å². The SMILES string of the molecule is C[C@H](OC(=O)O)OC(=O)C[C@@H](C[C@@H]1C(N)[C@@]1(F)C(=O)O)OCc1ccc(F)c(F)c1. The highest BCUT2D eigenvalue weighted by atomic mass is 19.2. The summed E-state index contributed by atoms with van der Waals surface area (Å²) in [5.74, 6) is -6.05. The molecule has 4 N–H and O–H groups in total. The van der Waals surface area contributed by atoms with Crippen molar-refractivity contribution in [3.63, 3.8) is 0 Å². The maximum Gasteiger partial charge on any atom is 0.508 e. The average Bonchev–Trinajstić information content (AvgIpc) is 3.16. The molecule has 1 aliphatic rings. The molecule has 0 saturated heterocycles. The third kappa shape index (κ3) is 5.60. The topological polar surface area (TPSA) is 145 Å². The van der Waals surface area contributed by atoms with E-state index in [0.717, 1.165) is 19.1 Å². The molecule has 0 spiro atoms. The molecule has 1 aromatic rings. The molecule has 0 amide bonds. The Morgan fingerprint density at radius 1 is 1.20 bits per heavy atom. The van der Waals surface area contributed by atoms with Gasteiger partial charge in [0.2, 0.25) is 12.0 Å². The minimum absolute atomic E-state index is 0.208. The summed E-state index contributed by atoms with van der Waals surface area (Å²) < 4.78 is 55.1. The number of nitrogens with two attached hydrogens (primary N) is 1. The lowest BCUT2D eigenvalue weighted by atomic mass is 10.1. The number of hydrogen-bond acceptors (Lipinski definition) is 7. The molecule has 0 aromatic heterocycles. The lowest BCUT2D eigenvalue weighted by molar-refractivity contribution is -0.170. The van der Waals surface area contributed by atoms with Crippen molar-refractivity contribution in [3.8, 4) is 0 Å². The van der Waals surface area contributed by atoms with Crippen LogP contribution in [0.2, 0.25) is 0 Å². The average molecular weight is 435 g/mol. The first-order valence-corrected chi connectivity index (χ1v) is 8.77. The largest absolute Gasteiger partial charge is 0.508 e. The van der Waals surface area contributed by atoms with Gasteiger partial charge < -0.3 is 30.2 Å². The summed E-state index contributed by atoms with van der Waals surface area (Å²) in [6.45, 7) is 0.849. The minimum atomic E-state index is -2.67. The van der Waals surface area contributed by atoms with Gasteiger partial charge in [0, 0.05) is 12.8 Å². The third-order valence-corrected chi connectivity index (χ3v) is 4.62. The van der Waals surface area contributed by atoms with E-state index in [2.05, 4.69) is 4.74 Å². The standard InChI is InChI=1S/C18H20F3NO8/c1-8(30-17(26)27)29-14(23)6-10(5-11-15(22)18(11,21)16(24)25)28-7-9-2-3-12(19)13(20)4-9/h2-4,8,10-11,15H,5-7,22H2,1H3,(H,24,25)(H,26,27)/t8-,10+,11+,15?,18+/m0/s1. The fourth-order valence-electron chi connectivity index (χ4n) is 2.99. The molecule has 9 nitrogen and oxygen atoms in total. The second-order valence-electron chi connectivity index (χ2n) is 6.77. The second-order valence-corrected chi connectivity index (χ2v) is 6.77. The molecule has 30 heavy (non-hydrogen) atoms. The van der Waals surface area contributed by atoms with Crippen LogP contribution in [-0.2, 0) is 30.4 Å². The van der Waals surface area contributed by atoms with Crippen molar-refractivity contribution in [1.29, 1.82) is 0 Å². The van der Waals surface area contributed by atoms with Gasteiger partial charge in [-0.2, -0.15) is 0 Å². The predicted octanol–water partition coefficient (Wildman–Crippen LogP) is 1.96. The molecule has 1 aromatic carbocycles. The Hall–Kier alpha value is -2.86. The number of carboxylic acids is 1. The third-order valence-electron chi connectivity index (χ3n) is 4.62. The summed E-state index contributed by atoms with van der Waals surface area (Å²) in [4.78, 5) is 33.5. The molecule has 1 saturated carbocycles. The zero-order valence-corrected chi connectivity index (χ0v) is 15.7. The number of hydrogen-bond donors (Lipinski definition) is 3. The van der Waals surface area contributed by atoms with Crippen LogP contribution in [-0.4, -0.2) is 52.4 Å². The van der Waals surface area contributed by atoms with Crippen molar-refractivity contribution < 1.29 is 52.0 Å². The molecular weight excluding hydrogens is 415 g/mol. The number of rotatable bonds is 10. The molecule has 166 valence electrons. The van der Waals surface area contributed by atoms with Gasteiger partial charge in [0.15, 0.2) is 11.6 Å². The summed E-state index contributed by atoms with van der Waals surface area (Å²) in [7, 11) is 0. The molecule has 1 fully saturated rings. The van der Waals surface area contributed by atoms with Crippen molar-refractivity contribution >= 4 is 18.1 Å². The zero-order valence-electron chi connectivity index (χ0n) is 15.7. The Morgan fingerprint density at radius 3 is 2.40 bits per heavy atom. The van der Waals surface area contributed by atoms with E-state index in [1.165, 1.54) is 6.07 Å². The molecular formula is C18H20F3NO8. The lowest BCUT2D eigenvalue weighted by Gasteiger charge is -2.19. The van der Waals surface area contributed by atoms with E-state index >= 15 is 0 Å². The molecule has 0 radical (unpaired) electrons. The van der Waals surface area contributed by atoms with E-state index in [4.69, 9.17) is 25.4 Å². The summed E-state index contributed by atoms with van der Waals surface area (Å²) in [5, 5.41) is 17.5. The maximum atomic E-state index is 14.3. The highest BCUT2D eigenvalue weighted by Gasteiger charge is 2.70. The first kappa shape index (κ1) is 23.4. The van der Waals surface area contributed by atoms with Crippen molar-refractivity contribution in [3.05, 3.63) is 35.4 Å². The Balaban J connectivity index is 2.04. The number of esters is 1. The minimum Gasteiger partial charge on any atom is -0.479 e. The summed E-state index contributed by atoms with van der Waals surface area (Å²) in [5.41, 5.74) is 3.03. The maximum absolute atomic E-state index is 14.3. The van der Waals surface area contributed by atoms with Gasteiger partial charge in [-0.05, 0) is 24.1 Å². The van der Waals surface area contributed by atoms with E-state index in [-0.39, 0.29) is 18.6 Å². The Morgan fingerprint density at radius 2 is 1.87 bits per heavy atom. The van der Waals surface area contributed by atoms with Gasteiger partial charge in [-0.3, -0.25) is 4.79 Å². The highest BCUT2D eigenvalue weighted by molar-refractivity contribution is 5.83. The van der Waals surface area contributed by atoms with Crippen molar-refractivity contribution in [2.24, 2.45) is 11.7 Å². The van der Waals surface area contributed by atoms with Crippen LogP contribution in [0.1, 0.15) is 25.3 Å². The van der Waals surface area contributed by atoms with Gasteiger partial charge in [-0.15, -0.1) is 0 Å². The number of carboxylic acid groups (broad SMARTS) is 2. The monoisotopic (exact) mass is 435 g/mol. The Labute approximate surface area is 168 Å². The van der Waals surface area contributed by atoms with Crippen LogP contribution in [0.25, 0.3) is 0 Å². The van der Waals surface area contributed by atoms with Crippen molar-refractivity contribution in [2.75, 3.05) is 0 Å². The fourth-order valence-corrected chi connectivity index (χ4v) is 2.99. The number of carbonyl (C=O) groups excluding carboxylic acids is 1. The van der Waals surface area contributed by atoms with Crippen LogP contribution >= 0.6 is 0 Å². The molecule has 5 atom stereocenters. The van der Waals surface area contributed by atoms with Crippen LogP contribution < -0.4 is 5.73 Å². The number of carbonyl (C=O) groups is 3. The molecule has 2 rings (SSSR count). The first-order chi connectivity index (χ1) is 13.9. The molecule has 0 aliphatic heterocycles. The number of aliphatic carboxylic acids is 1. The molecule has 0 heterocycles. The quantitative estimate of drug-likeness (QED) is 0.371. The number of benzene rings is 1. The van der Waals surface area contributed by atoms with Gasteiger partial charge in [-0.25, -0.2) is 22.8 Å². The molecule has 0 bridgehead atoms. The molecule has 1 unspecified atom stereocenters. The van der Waals surface area contributed by atoms with E-state index in [1.807, 2.05) is 0 Å². The summed E-state index contributed by atoms with van der Waals surface area (Å²) in [6, 6.07) is 1.66. The highest BCUT2D eigenvalue weighted by Crippen LogP contribution is 2.49. The number of halogens is 3. The number of alkyl halides is 1. The Bertz CT molecular complexity index is 823. The normalized spacial score (nSPS) is 24.6. The van der Waals surface area contributed by atoms with Crippen LogP contribution in [0.5, 0.6) is 0 Å². The van der Waals surface area contributed by atoms with Gasteiger partial charge in [-0.1, -0.05) is 6.07 Å². The van der Waals surface area contributed by atoms with Gasteiger partial charge in [0.05, 0.1) is 25.2 Å². The van der Waals surface area contributed by atoms with E-state index in [9.17, 15) is 27.6 Å². The number of ether oxygens (including phenoxy) is 3. The molecule has 12 heteroatoms. The fraction of sp³-hybridized carbons (Fsp3) is 0.500. The summed E-state index contributed by atoms with van der Waals surface area (Å²) in [6.07, 6.45) is -5.00. The van der Waals surface area contributed by atoms with Crippen LogP contribution in [0.3, 0.4) is 0 Å². The van der Waals surface area contributed by atoms with Crippen LogP contribution in [0, 0.1) is 17.6 Å². The lowest BCUT2D eigenvalue weighted by Crippen LogP contribution is -2.27. The zero-order chi connectivity index (χ0) is 22.6. The van der Waals surface area contributed by atoms with Gasteiger partial charge in [0.25, 0.3) is 0 Å². The smallest absolute Gasteiger partial charge is 0.479 e. The molecule has 1 aliphatic carbocycles. The van der Waals surface area contributed by atoms with E-state index in [0.29, 0.717) is 0 Å². The Kier molecular flexibility index (Phi) is 7.26. The van der Waals surface area contributed by atoms with Crippen molar-refractivity contribution in [2.45, 2.75) is 50.5 Å². The predicted molar refractivity (Wildman–Crippen MR) is 91.8 cm³/mol. The van der Waals surface area contributed by atoms with Crippen LogP contribution in [0.15, 0.2) is 18.2 Å². The second kappa shape index (κ2) is 9.30. The van der Waals surface area contributed by atoms with E-state index in [1.54, 1.807) is 0 Å². The van der Waals surface area contributed by atoms with Gasteiger partial charge >= 0.3 is 18.1 Å². The van der Waals surface area contributed by atoms with Crippen LogP contribution in [0.4, 0.5) is 18.0 Å². The first-order valence-electron chi connectivity index (χ1n) is 8.77. The van der Waals surface area contributed by atoms with E-state index < -0.39 is 66.2 Å². The van der Waals surface area contributed by atoms with Crippen molar-refractivity contribution in [1.82, 2.24) is 0 Å².